The lowest BCUT2D eigenvalue weighted by Crippen LogP contribution is -2.12. The second-order valence-electron chi connectivity index (χ2n) is 8.77. The lowest BCUT2D eigenvalue weighted by molar-refractivity contribution is -0.260. The smallest absolute Gasteiger partial charge is 0.247 e. The van der Waals surface area contributed by atoms with Gasteiger partial charge >= 0.3 is 23.9 Å². The average Bonchev–Trinajstić information content (AvgIpc) is 2.83. The van der Waals surface area contributed by atoms with E-state index in [9.17, 15) is 19.2 Å². The molecule has 8 heteroatoms. The van der Waals surface area contributed by atoms with E-state index >= 15 is 0 Å². The van der Waals surface area contributed by atoms with Crippen molar-refractivity contribution in [2.75, 3.05) is 0 Å². The van der Waals surface area contributed by atoms with E-state index in [0.717, 1.165) is 25.7 Å². The molecule has 0 amide bonds. The van der Waals surface area contributed by atoms with Crippen LogP contribution >= 0.6 is 0 Å². The van der Waals surface area contributed by atoms with E-state index in [-0.39, 0.29) is 25.7 Å². The molecule has 0 aromatic heterocycles. The fourth-order valence-electron chi connectivity index (χ4n) is 3.34. The molecule has 0 aliphatic carbocycles. The molecular formula is C26H46O8. The van der Waals surface area contributed by atoms with Gasteiger partial charge in [0, 0.05) is 0 Å². The van der Waals surface area contributed by atoms with Crippen LogP contribution in [-0.2, 0) is 38.7 Å². The molecule has 0 spiro atoms. The minimum atomic E-state index is -0.664. The van der Waals surface area contributed by atoms with Gasteiger partial charge in [0.2, 0.25) is 0 Å². The highest BCUT2D eigenvalue weighted by Crippen LogP contribution is 2.11. The highest BCUT2D eigenvalue weighted by molar-refractivity contribution is 5.73. The summed E-state index contributed by atoms with van der Waals surface area (Å²) in [5.41, 5.74) is 0. The molecule has 0 heterocycles. The lowest BCUT2D eigenvalue weighted by Gasteiger charge is -2.05. The topological polar surface area (TPSA) is 105 Å². The third-order valence-electron chi connectivity index (χ3n) is 5.44. The van der Waals surface area contributed by atoms with Crippen LogP contribution in [-0.4, -0.2) is 23.9 Å². The van der Waals surface area contributed by atoms with Gasteiger partial charge in [0.25, 0.3) is 0 Å². The van der Waals surface area contributed by atoms with E-state index in [2.05, 4.69) is 33.4 Å². The highest BCUT2D eigenvalue weighted by Gasteiger charge is 2.12. The first-order valence-electron chi connectivity index (χ1n) is 13.3. The van der Waals surface area contributed by atoms with Crippen molar-refractivity contribution >= 4 is 23.9 Å². The summed E-state index contributed by atoms with van der Waals surface area (Å²) in [7, 11) is 0. The Morgan fingerprint density at radius 3 is 0.824 bits per heavy atom. The molecule has 8 nitrogen and oxygen atoms in total. The first-order chi connectivity index (χ1) is 16.5. The van der Waals surface area contributed by atoms with Gasteiger partial charge in [0.05, 0.1) is 25.7 Å². The molecule has 0 saturated carbocycles. The van der Waals surface area contributed by atoms with Gasteiger partial charge in [0.1, 0.15) is 0 Å². The zero-order chi connectivity index (χ0) is 25.3. The van der Waals surface area contributed by atoms with E-state index in [4.69, 9.17) is 0 Å². The summed E-state index contributed by atoms with van der Waals surface area (Å²) in [6.45, 7) is 4.34. The third kappa shape index (κ3) is 23.1. The predicted molar refractivity (Wildman–Crippen MR) is 128 cm³/mol. The van der Waals surface area contributed by atoms with E-state index in [1.807, 2.05) is 0 Å². The van der Waals surface area contributed by atoms with Crippen LogP contribution in [0, 0.1) is 0 Å². The van der Waals surface area contributed by atoms with Crippen LogP contribution in [0.25, 0.3) is 0 Å². The second kappa shape index (κ2) is 24.0. The Labute approximate surface area is 205 Å². The first-order valence-corrected chi connectivity index (χ1v) is 13.3. The van der Waals surface area contributed by atoms with Crippen molar-refractivity contribution < 1.29 is 38.7 Å². The predicted octanol–water partition coefficient (Wildman–Crippen LogP) is 6.83. The van der Waals surface area contributed by atoms with Gasteiger partial charge < -0.3 is 0 Å². The lowest BCUT2D eigenvalue weighted by atomic mass is 10.1. The molecule has 34 heavy (non-hydrogen) atoms. The molecule has 0 aromatic rings. The van der Waals surface area contributed by atoms with Crippen LogP contribution in [0.1, 0.15) is 142 Å². The number of rotatable bonds is 21. The number of unbranched alkanes of at least 4 members (excludes halogenated alkanes) is 13. The molecule has 0 saturated heterocycles. The number of hydrogen-bond donors (Lipinski definition) is 0. The summed E-state index contributed by atoms with van der Waals surface area (Å²) in [4.78, 5) is 64.4. The minimum absolute atomic E-state index is 0.00995. The van der Waals surface area contributed by atoms with Crippen molar-refractivity contribution in [2.24, 2.45) is 0 Å². The van der Waals surface area contributed by atoms with E-state index in [0.29, 0.717) is 25.7 Å². The van der Waals surface area contributed by atoms with Crippen LogP contribution in [0.5, 0.6) is 0 Å². The van der Waals surface area contributed by atoms with Gasteiger partial charge in [0.15, 0.2) is 0 Å². The molecule has 0 bridgehead atoms. The molecule has 0 aromatic carbocycles. The van der Waals surface area contributed by atoms with Crippen LogP contribution in [0.2, 0.25) is 0 Å². The number of carbonyl (C=O) groups excluding carboxylic acids is 4. The van der Waals surface area contributed by atoms with Crippen LogP contribution in [0.15, 0.2) is 0 Å². The fourth-order valence-corrected chi connectivity index (χ4v) is 3.34. The number of hydrogen-bond acceptors (Lipinski definition) is 8. The maximum Gasteiger partial charge on any atom is 0.355 e. The summed E-state index contributed by atoms with van der Waals surface area (Å²) in [6, 6.07) is 0. The monoisotopic (exact) mass is 486 g/mol. The summed E-state index contributed by atoms with van der Waals surface area (Å²) in [5.74, 6) is -2.43. The summed E-state index contributed by atoms with van der Waals surface area (Å²) in [5, 5.41) is 0. The normalized spacial score (nSPS) is 10.5. The quantitative estimate of drug-likeness (QED) is 0.0987. The van der Waals surface area contributed by atoms with Crippen LogP contribution in [0.3, 0.4) is 0 Å². The fraction of sp³-hybridized carbons (Fsp3) is 0.846. The molecule has 0 aliphatic heterocycles. The molecule has 0 rings (SSSR count). The minimum Gasteiger partial charge on any atom is -0.247 e. The third-order valence-corrected chi connectivity index (χ3v) is 5.44. The standard InChI is InChI=1S/C26H46O8/c1-3-5-7-9-11-13-15-19-23(27)31-33-25(29)21-17-18-22-26(30)34-32-24(28)20-16-14-12-10-8-6-4-2/h3-22H2,1-2H3. The summed E-state index contributed by atoms with van der Waals surface area (Å²) >= 11 is 0. The largest absolute Gasteiger partial charge is 0.355 e. The molecule has 0 N–H and O–H groups in total. The molecule has 0 aliphatic rings. The Morgan fingerprint density at radius 1 is 0.353 bits per heavy atom. The zero-order valence-electron chi connectivity index (χ0n) is 21.4. The Morgan fingerprint density at radius 2 is 0.559 bits per heavy atom. The van der Waals surface area contributed by atoms with Crippen molar-refractivity contribution in [1.29, 1.82) is 0 Å². The van der Waals surface area contributed by atoms with Crippen molar-refractivity contribution in [2.45, 2.75) is 142 Å². The molecule has 0 unspecified atom stereocenters. The molecular weight excluding hydrogens is 440 g/mol. The number of carbonyl (C=O) groups is 4. The average molecular weight is 487 g/mol. The van der Waals surface area contributed by atoms with Gasteiger partial charge in [-0.1, -0.05) is 90.9 Å². The van der Waals surface area contributed by atoms with Gasteiger partial charge in [-0.2, -0.15) is 0 Å². The van der Waals surface area contributed by atoms with Gasteiger partial charge in [-0.15, -0.1) is 0 Å². The Kier molecular flexibility index (Phi) is 22.5. The van der Waals surface area contributed by atoms with Crippen molar-refractivity contribution in [1.82, 2.24) is 0 Å². The molecule has 0 radical (unpaired) electrons. The Balaban J connectivity index is 3.55. The Bertz CT molecular complexity index is 499. The van der Waals surface area contributed by atoms with Crippen molar-refractivity contribution in [3.63, 3.8) is 0 Å². The van der Waals surface area contributed by atoms with Crippen molar-refractivity contribution in [3.8, 4) is 0 Å². The maximum atomic E-state index is 11.6. The summed E-state index contributed by atoms with van der Waals surface area (Å²) in [6.07, 6.45) is 16.4. The zero-order valence-corrected chi connectivity index (χ0v) is 21.4. The van der Waals surface area contributed by atoms with Crippen LogP contribution in [0.4, 0.5) is 0 Å². The first kappa shape index (κ1) is 31.9. The maximum absolute atomic E-state index is 11.6. The Hall–Kier alpha value is -2.12. The van der Waals surface area contributed by atoms with Gasteiger partial charge in [-0.05, 0) is 25.7 Å². The molecule has 198 valence electrons. The van der Waals surface area contributed by atoms with Crippen molar-refractivity contribution in [3.05, 3.63) is 0 Å². The SMILES string of the molecule is CCCCCCCCCC(=O)OOC(=O)CCCCC(=O)OOC(=O)CCCCCCCCC. The van der Waals surface area contributed by atoms with Gasteiger partial charge in [-0.25, -0.2) is 38.7 Å². The second-order valence-corrected chi connectivity index (χ2v) is 8.77. The van der Waals surface area contributed by atoms with E-state index in [1.165, 1.54) is 51.4 Å². The van der Waals surface area contributed by atoms with Crippen LogP contribution < -0.4 is 0 Å². The molecule has 0 atom stereocenters. The van der Waals surface area contributed by atoms with Gasteiger partial charge in [-0.3, -0.25) is 0 Å². The molecule has 0 fully saturated rings. The highest BCUT2D eigenvalue weighted by atomic mass is 17.2. The van der Waals surface area contributed by atoms with E-state index in [1.54, 1.807) is 0 Å². The van der Waals surface area contributed by atoms with E-state index < -0.39 is 23.9 Å². The summed E-state index contributed by atoms with van der Waals surface area (Å²) < 4.78 is 0.